The van der Waals surface area contributed by atoms with Gasteiger partial charge >= 0.3 is 0 Å². The molecule has 1 N–H and O–H groups in total. The van der Waals surface area contributed by atoms with Gasteiger partial charge in [-0.05, 0) is 37.1 Å². The molecule has 0 aliphatic carbocycles. The van der Waals surface area contributed by atoms with Gasteiger partial charge in [0.05, 0.1) is 30.1 Å². The summed E-state index contributed by atoms with van der Waals surface area (Å²) in [7, 11) is 1.50. The lowest BCUT2D eigenvalue weighted by molar-refractivity contribution is -0.118. The lowest BCUT2D eigenvalue weighted by atomic mass is 10.2. The second kappa shape index (κ2) is 8.26. The number of ether oxygens (including phenoxy) is 2. The Morgan fingerprint density at radius 2 is 1.96 bits per heavy atom. The topological polar surface area (TPSA) is 74.6 Å². The number of para-hydroxylation sites is 2. The molecule has 6 heteroatoms. The zero-order valence-corrected chi connectivity index (χ0v) is 14.7. The second-order valence-electron chi connectivity index (χ2n) is 6.03. The van der Waals surface area contributed by atoms with E-state index in [9.17, 15) is 4.79 Å². The number of hydrogen-bond acceptors (Lipinski definition) is 5. The highest BCUT2D eigenvalue weighted by molar-refractivity contribution is 5.95. The van der Waals surface area contributed by atoms with E-state index in [1.165, 1.54) is 20.0 Å². The van der Waals surface area contributed by atoms with E-state index in [1.54, 1.807) is 18.2 Å². The Kier molecular flexibility index (Phi) is 5.59. The molecule has 2 aromatic carbocycles. The lowest BCUT2D eigenvalue weighted by Crippen LogP contribution is -2.24. The first kappa shape index (κ1) is 17.6. The van der Waals surface area contributed by atoms with Crippen LogP contribution in [0.1, 0.15) is 18.4 Å². The van der Waals surface area contributed by atoms with E-state index in [1.807, 2.05) is 30.3 Å². The second-order valence-corrected chi connectivity index (χ2v) is 6.03. The number of carbonyl (C=O) groups excluding carboxylic acids is 1. The number of rotatable bonds is 6. The van der Waals surface area contributed by atoms with Gasteiger partial charge in [0.15, 0.2) is 18.1 Å². The summed E-state index contributed by atoms with van der Waals surface area (Å²) >= 11 is 0. The summed E-state index contributed by atoms with van der Waals surface area (Å²) < 4.78 is 10.8. The molecule has 0 atom stereocenters. The molecule has 2 aromatic rings. The number of benzene rings is 2. The zero-order valence-electron chi connectivity index (χ0n) is 14.7. The molecule has 3 rings (SSSR count). The van der Waals surface area contributed by atoms with Gasteiger partial charge in [-0.2, -0.15) is 5.26 Å². The molecule has 0 radical (unpaired) electrons. The Bertz CT molecular complexity index is 823. The molecule has 1 fully saturated rings. The molecule has 134 valence electrons. The van der Waals surface area contributed by atoms with Crippen LogP contribution < -0.4 is 19.7 Å². The molecule has 0 saturated carbocycles. The van der Waals surface area contributed by atoms with Gasteiger partial charge in [0, 0.05) is 19.2 Å². The summed E-state index contributed by atoms with van der Waals surface area (Å²) in [6.07, 6.45) is 2.34. The standard InChI is InChI=1S/C20H21N3O3/c1-25-19-12-15(13-21)8-9-18(19)26-14-20(24)22-16-6-2-3-7-17(16)23-10-4-5-11-23/h2-3,6-9,12H,4-5,10-11,14H2,1H3,(H,22,24). The monoisotopic (exact) mass is 351 g/mol. The van der Waals surface area contributed by atoms with Crippen molar-refractivity contribution in [1.29, 1.82) is 5.26 Å². The first-order valence-electron chi connectivity index (χ1n) is 8.56. The van der Waals surface area contributed by atoms with Crippen LogP contribution in [-0.2, 0) is 4.79 Å². The highest BCUT2D eigenvalue weighted by atomic mass is 16.5. The van der Waals surface area contributed by atoms with Gasteiger partial charge in [0.2, 0.25) is 0 Å². The number of hydrogen-bond donors (Lipinski definition) is 1. The third-order valence-corrected chi connectivity index (χ3v) is 4.28. The number of nitriles is 1. The van der Waals surface area contributed by atoms with E-state index in [-0.39, 0.29) is 12.5 Å². The van der Waals surface area contributed by atoms with Crippen molar-refractivity contribution in [2.75, 3.05) is 37.0 Å². The molecule has 0 unspecified atom stereocenters. The van der Waals surface area contributed by atoms with Gasteiger partial charge in [-0.25, -0.2) is 0 Å². The van der Waals surface area contributed by atoms with Gasteiger partial charge in [-0.1, -0.05) is 12.1 Å². The van der Waals surface area contributed by atoms with Crippen LogP contribution in [0.5, 0.6) is 11.5 Å². The molecule has 1 amide bonds. The number of amides is 1. The van der Waals surface area contributed by atoms with Gasteiger partial charge < -0.3 is 19.7 Å². The molecule has 0 bridgehead atoms. The van der Waals surface area contributed by atoms with Gasteiger partial charge in [0.1, 0.15) is 0 Å². The molecule has 1 saturated heterocycles. The molecule has 0 aromatic heterocycles. The molecule has 6 nitrogen and oxygen atoms in total. The largest absolute Gasteiger partial charge is 0.493 e. The minimum absolute atomic E-state index is 0.142. The van der Waals surface area contributed by atoms with Crippen LogP contribution in [0.3, 0.4) is 0 Å². The maximum atomic E-state index is 12.3. The Labute approximate surface area is 152 Å². The minimum Gasteiger partial charge on any atom is -0.493 e. The van der Waals surface area contributed by atoms with Crippen LogP contribution >= 0.6 is 0 Å². The molecular formula is C20H21N3O3. The Hall–Kier alpha value is -3.20. The molecule has 0 spiro atoms. The quantitative estimate of drug-likeness (QED) is 0.865. The van der Waals surface area contributed by atoms with Gasteiger partial charge in [-0.15, -0.1) is 0 Å². The van der Waals surface area contributed by atoms with Crippen molar-refractivity contribution in [2.45, 2.75) is 12.8 Å². The number of methoxy groups -OCH3 is 1. The number of nitrogens with one attached hydrogen (secondary N) is 1. The van der Waals surface area contributed by atoms with Gasteiger partial charge in [-0.3, -0.25) is 4.79 Å². The average Bonchev–Trinajstić information content (AvgIpc) is 3.21. The highest BCUT2D eigenvalue weighted by Crippen LogP contribution is 2.29. The van der Waals surface area contributed by atoms with E-state index in [0.29, 0.717) is 17.1 Å². The van der Waals surface area contributed by atoms with E-state index >= 15 is 0 Å². The van der Waals surface area contributed by atoms with Crippen LogP contribution in [0.4, 0.5) is 11.4 Å². The number of carbonyl (C=O) groups is 1. The molecule has 1 heterocycles. The summed E-state index contributed by atoms with van der Waals surface area (Å²) in [5.74, 6) is 0.604. The van der Waals surface area contributed by atoms with Crippen molar-refractivity contribution in [3.8, 4) is 17.6 Å². The van der Waals surface area contributed by atoms with Crippen LogP contribution in [0.2, 0.25) is 0 Å². The van der Waals surface area contributed by atoms with E-state index < -0.39 is 0 Å². The van der Waals surface area contributed by atoms with E-state index in [4.69, 9.17) is 14.7 Å². The number of nitrogens with zero attached hydrogens (tertiary/aromatic N) is 2. The van der Waals surface area contributed by atoms with Crippen LogP contribution in [0, 0.1) is 11.3 Å². The van der Waals surface area contributed by atoms with Crippen molar-refractivity contribution >= 4 is 17.3 Å². The molecule has 26 heavy (non-hydrogen) atoms. The van der Waals surface area contributed by atoms with E-state index in [2.05, 4.69) is 10.2 Å². The van der Waals surface area contributed by atoms with Crippen LogP contribution in [0.25, 0.3) is 0 Å². The van der Waals surface area contributed by atoms with Crippen molar-refractivity contribution < 1.29 is 14.3 Å². The summed E-state index contributed by atoms with van der Waals surface area (Å²) in [6.45, 7) is 1.87. The maximum absolute atomic E-state index is 12.3. The van der Waals surface area contributed by atoms with Crippen molar-refractivity contribution in [1.82, 2.24) is 0 Å². The third kappa shape index (κ3) is 4.06. The van der Waals surface area contributed by atoms with Crippen LogP contribution in [0.15, 0.2) is 42.5 Å². The average molecular weight is 351 g/mol. The summed E-state index contributed by atoms with van der Waals surface area (Å²) in [5, 5.41) is 11.9. The third-order valence-electron chi connectivity index (χ3n) is 4.28. The van der Waals surface area contributed by atoms with Crippen molar-refractivity contribution in [3.63, 3.8) is 0 Å². The molecular weight excluding hydrogens is 330 g/mol. The SMILES string of the molecule is COc1cc(C#N)ccc1OCC(=O)Nc1ccccc1N1CCCC1. The normalized spacial score (nSPS) is 13.2. The first-order valence-corrected chi connectivity index (χ1v) is 8.56. The fraction of sp³-hybridized carbons (Fsp3) is 0.300. The molecule has 1 aliphatic rings. The fourth-order valence-electron chi connectivity index (χ4n) is 3.00. The Balaban J connectivity index is 1.64. The zero-order chi connectivity index (χ0) is 18.4. The predicted molar refractivity (Wildman–Crippen MR) is 99.7 cm³/mol. The molecule has 1 aliphatic heterocycles. The van der Waals surface area contributed by atoms with E-state index in [0.717, 1.165) is 24.5 Å². The summed E-state index contributed by atoms with van der Waals surface area (Å²) in [6, 6.07) is 14.7. The maximum Gasteiger partial charge on any atom is 0.262 e. The Morgan fingerprint density at radius 3 is 2.69 bits per heavy atom. The summed E-state index contributed by atoms with van der Waals surface area (Å²) in [4.78, 5) is 14.6. The fourth-order valence-corrected chi connectivity index (χ4v) is 3.00. The number of anilines is 2. The lowest BCUT2D eigenvalue weighted by Gasteiger charge is -2.21. The Morgan fingerprint density at radius 1 is 1.19 bits per heavy atom. The highest BCUT2D eigenvalue weighted by Gasteiger charge is 2.17. The minimum atomic E-state index is -0.247. The predicted octanol–water partition coefficient (Wildman–Crippen LogP) is 3.18. The van der Waals surface area contributed by atoms with Gasteiger partial charge in [0.25, 0.3) is 5.91 Å². The van der Waals surface area contributed by atoms with Crippen molar-refractivity contribution in [3.05, 3.63) is 48.0 Å². The van der Waals surface area contributed by atoms with Crippen molar-refractivity contribution in [2.24, 2.45) is 0 Å². The first-order chi connectivity index (χ1) is 12.7. The van der Waals surface area contributed by atoms with Crippen LogP contribution in [-0.4, -0.2) is 32.7 Å². The smallest absolute Gasteiger partial charge is 0.262 e. The summed E-state index contributed by atoms with van der Waals surface area (Å²) in [5.41, 5.74) is 2.29.